The number of hydrogen-bond acceptors (Lipinski definition) is 3. The highest BCUT2D eigenvalue weighted by Crippen LogP contribution is 2.43. The summed E-state index contributed by atoms with van der Waals surface area (Å²) < 4.78 is 0. The first-order valence-electron chi connectivity index (χ1n) is 14.4. The molecule has 5 nitrogen and oxygen atoms in total. The molecule has 6 heteroatoms. The van der Waals surface area contributed by atoms with E-state index < -0.39 is 0 Å². The predicted octanol–water partition coefficient (Wildman–Crippen LogP) is 8.88. The summed E-state index contributed by atoms with van der Waals surface area (Å²) in [5.74, 6) is 0.570. The van der Waals surface area contributed by atoms with E-state index in [1.54, 1.807) is 0 Å². The smallest absolute Gasteiger partial charge is 0.290 e. The third-order valence-corrected chi connectivity index (χ3v) is 8.71. The number of amides is 1. The van der Waals surface area contributed by atoms with Gasteiger partial charge in [-0.3, -0.25) is 14.6 Å². The number of allylic oxidation sites excluding steroid dienone is 1. The fourth-order valence-electron chi connectivity index (χ4n) is 5.96. The Morgan fingerprint density at radius 2 is 1.81 bits per heavy atom. The minimum atomic E-state index is -0.250. The molecule has 2 N–H and O–H groups in total. The Kier molecular flexibility index (Phi) is 8.89. The number of pyridine rings is 1. The van der Waals surface area contributed by atoms with Crippen molar-refractivity contribution in [1.82, 2.24) is 4.98 Å². The summed E-state index contributed by atoms with van der Waals surface area (Å²) in [5, 5.41) is 10.5. The molecular formula is C36H35ClN2O3. The summed E-state index contributed by atoms with van der Waals surface area (Å²) in [6.07, 6.45) is 7.44. The first kappa shape index (κ1) is 29.3. The summed E-state index contributed by atoms with van der Waals surface area (Å²) in [7, 11) is 0. The molecule has 1 aliphatic carbocycles. The fourth-order valence-corrected chi connectivity index (χ4v) is 6.24. The van der Waals surface area contributed by atoms with Gasteiger partial charge in [0.2, 0.25) is 0 Å². The number of aromatic nitrogens is 1. The van der Waals surface area contributed by atoms with Crippen molar-refractivity contribution in [1.29, 1.82) is 0 Å². The van der Waals surface area contributed by atoms with E-state index >= 15 is 0 Å². The van der Waals surface area contributed by atoms with Gasteiger partial charge in [0.15, 0.2) is 0 Å². The third-order valence-electron chi connectivity index (χ3n) is 8.40. The first-order chi connectivity index (χ1) is 20.3. The highest BCUT2D eigenvalue weighted by atomic mass is 35.5. The number of anilines is 1. The Morgan fingerprint density at radius 1 is 1.05 bits per heavy atom. The number of carboxylic acid groups (broad SMARTS) is 1. The molecule has 1 aromatic heterocycles. The predicted molar refractivity (Wildman–Crippen MR) is 171 cm³/mol. The molecule has 2 heterocycles. The lowest BCUT2D eigenvalue weighted by Crippen LogP contribution is -2.10. The topological polar surface area (TPSA) is 79.3 Å². The van der Waals surface area contributed by atoms with Crippen LogP contribution in [-0.4, -0.2) is 22.5 Å². The molecule has 1 fully saturated rings. The standard InChI is InChI=1S/C35H33ClN2O.CH2O2/c1-4-24-17-23(13-12-21(24)2)16-22(3)34-30-18-29(31(36)19-33(30)38-35(34)39)26-14-15-32(37-20-26)28-11-6-5-10-27(28)25-8-7-9-25;2-1-3/h5-6,10-15,17-20,25H,4,7-9,16H2,1-3H3,(H,38,39);1H,(H,2,3)/b34-22-;. The Balaban J connectivity index is 0.00000113. The molecular weight excluding hydrogens is 544 g/mol. The van der Waals surface area contributed by atoms with Crippen molar-refractivity contribution in [3.63, 3.8) is 0 Å². The van der Waals surface area contributed by atoms with E-state index in [0.29, 0.717) is 10.9 Å². The highest BCUT2D eigenvalue weighted by Gasteiger charge is 2.28. The molecule has 1 amide bonds. The maximum absolute atomic E-state index is 13.1. The number of carbonyl (C=O) groups is 2. The molecule has 0 spiro atoms. The number of rotatable bonds is 6. The van der Waals surface area contributed by atoms with Crippen LogP contribution in [0.5, 0.6) is 0 Å². The Labute approximate surface area is 252 Å². The van der Waals surface area contributed by atoms with Gasteiger partial charge in [-0.05, 0) is 85.9 Å². The third kappa shape index (κ3) is 5.88. The van der Waals surface area contributed by atoms with Crippen LogP contribution in [0.1, 0.15) is 66.8 Å². The van der Waals surface area contributed by atoms with Crippen LogP contribution in [0.3, 0.4) is 0 Å². The van der Waals surface area contributed by atoms with Gasteiger partial charge in [-0.15, -0.1) is 0 Å². The zero-order valence-corrected chi connectivity index (χ0v) is 25.0. The van der Waals surface area contributed by atoms with Crippen molar-refractivity contribution in [2.24, 2.45) is 0 Å². The normalized spacial score (nSPS) is 15.2. The molecule has 1 aliphatic heterocycles. The Hall–Kier alpha value is -4.22. The van der Waals surface area contributed by atoms with Gasteiger partial charge in [0.05, 0.1) is 16.4 Å². The zero-order chi connectivity index (χ0) is 29.8. The average Bonchev–Trinajstić information content (AvgIpc) is 3.28. The summed E-state index contributed by atoms with van der Waals surface area (Å²) in [6.45, 7) is 6.13. The number of aryl methyl sites for hydroxylation is 2. The molecule has 3 aromatic carbocycles. The fraction of sp³-hybridized carbons (Fsp3) is 0.250. The van der Waals surface area contributed by atoms with E-state index in [-0.39, 0.29) is 12.4 Å². The van der Waals surface area contributed by atoms with Gasteiger partial charge >= 0.3 is 0 Å². The van der Waals surface area contributed by atoms with Gasteiger partial charge in [-0.25, -0.2) is 0 Å². The van der Waals surface area contributed by atoms with Gasteiger partial charge in [-0.1, -0.05) is 79.0 Å². The largest absolute Gasteiger partial charge is 0.483 e. The maximum atomic E-state index is 13.1. The van der Waals surface area contributed by atoms with E-state index in [4.69, 9.17) is 26.5 Å². The molecule has 0 bridgehead atoms. The van der Waals surface area contributed by atoms with Crippen LogP contribution in [0.25, 0.3) is 28.0 Å². The number of fused-ring (bicyclic) bond motifs is 1. The number of halogens is 1. The van der Waals surface area contributed by atoms with Crippen LogP contribution in [0.15, 0.2) is 78.5 Å². The lowest BCUT2D eigenvalue weighted by Gasteiger charge is -2.27. The number of benzene rings is 3. The second-order valence-corrected chi connectivity index (χ2v) is 11.4. The van der Waals surface area contributed by atoms with E-state index in [9.17, 15) is 4.79 Å². The number of hydrogen-bond donors (Lipinski definition) is 2. The van der Waals surface area contributed by atoms with Crippen LogP contribution in [-0.2, 0) is 22.4 Å². The minimum Gasteiger partial charge on any atom is -0.483 e. The second kappa shape index (κ2) is 12.7. The van der Waals surface area contributed by atoms with Crippen molar-refractivity contribution in [2.45, 2.75) is 58.8 Å². The summed E-state index contributed by atoms with van der Waals surface area (Å²) in [6, 6.07) is 23.3. The molecule has 6 rings (SSSR count). The summed E-state index contributed by atoms with van der Waals surface area (Å²) in [4.78, 5) is 26.3. The van der Waals surface area contributed by atoms with E-state index in [0.717, 1.165) is 52.1 Å². The Morgan fingerprint density at radius 3 is 2.48 bits per heavy atom. The zero-order valence-electron chi connectivity index (χ0n) is 24.2. The van der Waals surface area contributed by atoms with Gasteiger partial charge < -0.3 is 10.4 Å². The van der Waals surface area contributed by atoms with Crippen LogP contribution >= 0.6 is 11.6 Å². The minimum absolute atomic E-state index is 0.0698. The number of carbonyl (C=O) groups excluding carboxylic acids is 1. The number of nitrogens with one attached hydrogen (secondary N) is 1. The highest BCUT2D eigenvalue weighted by molar-refractivity contribution is 6.36. The van der Waals surface area contributed by atoms with Crippen LogP contribution < -0.4 is 5.32 Å². The maximum Gasteiger partial charge on any atom is 0.290 e. The van der Waals surface area contributed by atoms with Crippen molar-refractivity contribution >= 4 is 35.2 Å². The quantitative estimate of drug-likeness (QED) is 0.177. The van der Waals surface area contributed by atoms with Crippen molar-refractivity contribution in [3.8, 4) is 22.4 Å². The lowest BCUT2D eigenvalue weighted by molar-refractivity contribution is -0.122. The summed E-state index contributed by atoms with van der Waals surface area (Å²) in [5.41, 5.74) is 12.7. The summed E-state index contributed by atoms with van der Waals surface area (Å²) >= 11 is 6.75. The molecule has 4 aromatic rings. The van der Waals surface area contributed by atoms with Crippen molar-refractivity contribution < 1.29 is 14.7 Å². The molecule has 0 unspecified atom stereocenters. The second-order valence-electron chi connectivity index (χ2n) is 11.0. The molecule has 0 radical (unpaired) electrons. The van der Waals surface area contributed by atoms with Crippen molar-refractivity contribution in [3.05, 3.63) is 111 Å². The Bertz CT molecular complexity index is 1670. The van der Waals surface area contributed by atoms with Crippen molar-refractivity contribution in [2.75, 3.05) is 5.32 Å². The SMILES string of the molecule is CCc1cc(C/C(C)=C2\C(=O)Nc3cc(Cl)c(-c4ccc(-c5ccccc5C5CCC5)nc4)cc32)ccc1C.O=CO. The number of nitrogens with zero attached hydrogens (tertiary/aromatic N) is 1. The molecule has 0 atom stereocenters. The molecule has 42 heavy (non-hydrogen) atoms. The first-order valence-corrected chi connectivity index (χ1v) is 14.8. The van der Waals surface area contributed by atoms with E-state index in [2.05, 4.69) is 80.7 Å². The molecule has 1 saturated carbocycles. The van der Waals surface area contributed by atoms with Gasteiger partial charge in [0.25, 0.3) is 12.4 Å². The monoisotopic (exact) mass is 578 g/mol. The molecule has 214 valence electrons. The van der Waals surface area contributed by atoms with Crippen LogP contribution in [0.2, 0.25) is 5.02 Å². The van der Waals surface area contributed by atoms with E-state index in [1.807, 2.05) is 18.3 Å². The van der Waals surface area contributed by atoms with Gasteiger partial charge in [0.1, 0.15) is 0 Å². The average molecular weight is 579 g/mol. The molecule has 2 aliphatic rings. The van der Waals surface area contributed by atoms with E-state index in [1.165, 1.54) is 47.1 Å². The molecule has 0 saturated heterocycles. The van der Waals surface area contributed by atoms with Crippen LogP contribution in [0, 0.1) is 6.92 Å². The van der Waals surface area contributed by atoms with Gasteiger partial charge in [-0.2, -0.15) is 0 Å². The van der Waals surface area contributed by atoms with Crippen LogP contribution in [0.4, 0.5) is 5.69 Å². The lowest BCUT2D eigenvalue weighted by atomic mass is 9.78. The van der Waals surface area contributed by atoms with Gasteiger partial charge in [0, 0.05) is 34.0 Å².